The summed E-state index contributed by atoms with van der Waals surface area (Å²) in [6, 6.07) is 0. The smallest absolute Gasteiger partial charge is 0.191 e. The fourth-order valence-corrected chi connectivity index (χ4v) is 3.55. The molecule has 0 spiro atoms. The highest BCUT2D eigenvalue weighted by atomic mass is 127. The number of hydrogen-bond acceptors (Lipinski definition) is 5. The molecular weight excluding hydrogens is 441 g/mol. The van der Waals surface area contributed by atoms with E-state index in [9.17, 15) is 0 Å². The van der Waals surface area contributed by atoms with Crippen molar-refractivity contribution in [1.82, 2.24) is 15.6 Å². The van der Waals surface area contributed by atoms with Crippen LogP contribution in [0.3, 0.4) is 0 Å². The third-order valence-corrected chi connectivity index (χ3v) is 5.04. The van der Waals surface area contributed by atoms with Crippen molar-refractivity contribution in [2.24, 2.45) is 4.99 Å². The highest BCUT2D eigenvalue weighted by Crippen LogP contribution is 2.24. The topological polar surface area (TPSA) is 52.6 Å². The molecule has 2 N–H and O–H groups in total. The Morgan fingerprint density at radius 1 is 1.39 bits per heavy atom. The number of halogens is 1. The number of guanidine groups is 1. The SMILES string of the molecule is CCNC(=NCCSC)NCCc1csc(N2CCCC2)n1.I. The fourth-order valence-electron chi connectivity index (χ4n) is 2.36. The highest BCUT2D eigenvalue weighted by Gasteiger charge is 2.15. The number of aliphatic imine (C=N–C) groups is 1. The number of rotatable bonds is 8. The van der Waals surface area contributed by atoms with Gasteiger partial charge in [0.1, 0.15) is 0 Å². The molecule has 0 amide bonds. The molecule has 1 aromatic rings. The monoisotopic (exact) mass is 469 g/mol. The first-order valence-corrected chi connectivity index (χ1v) is 10.3. The molecule has 132 valence electrons. The maximum Gasteiger partial charge on any atom is 0.191 e. The summed E-state index contributed by atoms with van der Waals surface area (Å²) in [7, 11) is 0. The van der Waals surface area contributed by atoms with Crippen LogP contribution in [0, 0.1) is 0 Å². The van der Waals surface area contributed by atoms with Gasteiger partial charge in [-0.3, -0.25) is 4.99 Å². The van der Waals surface area contributed by atoms with Gasteiger partial charge in [-0.25, -0.2) is 4.98 Å². The van der Waals surface area contributed by atoms with Crippen molar-refractivity contribution in [2.45, 2.75) is 26.2 Å². The van der Waals surface area contributed by atoms with Crippen LogP contribution < -0.4 is 15.5 Å². The normalized spacial score (nSPS) is 14.7. The van der Waals surface area contributed by atoms with E-state index >= 15 is 0 Å². The van der Waals surface area contributed by atoms with Crippen LogP contribution in [0.15, 0.2) is 10.4 Å². The van der Waals surface area contributed by atoms with Crippen molar-refractivity contribution >= 4 is 58.2 Å². The average Bonchev–Trinajstić information content (AvgIpc) is 3.18. The number of hydrogen-bond donors (Lipinski definition) is 2. The van der Waals surface area contributed by atoms with Gasteiger partial charge in [0.15, 0.2) is 11.1 Å². The Labute approximate surface area is 165 Å². The summed E-state index contributed by atoms with van der Waals surface area (Å²) in [5.74, 6) is 1.97. The van der Waals surface area contributed by atoms with Crippen molar-refractivity contribution in [3.05, 3.63) is 11.1 Å². The molecule has 8 heteroatoms. The molecular formula is C15H28IN5S2. The Balaban J connectivity index is 0.00000264. The molecule has 1 aliphatic rings. The number of aromatic nitrogens is 1. The Bertz CT molecular complexity index is 460. The van der Waals surface area contributed by atoms with E-state index in [1.54, 1.807) is 11.3 Å². The van der Waals surface area contributed by atoms with Crippen molar-refractivity contribution in [3.63, 3.8) is 0 Å². The minimum atomic E-state index is 0. The van der Waals surface area contributed by atoms with Crippen LogP contribution in [0.5, 0.6) is 0 Å². The average molecular weight is 469 g/mol. The molecule has 1 fully saturated rings. The van der Waals surface area contributed by atoms with Gasteiger partial charge in [0.25, 0.3) is 0 Å². The predicted octanol–water partition coefficient (Wildman–Crippen LogP) is 2.82. The number of nitrogens with zero attached hydrogens (tertiary/aromatic N) is 3. The molecule has 2 rings (SSSR count). The molecule has 0 saturated carbocycles. The van der Waals surface area contributed by atoms with Crippen molar-refractivity contribution in [3.8, 4) is 0 Å². The molecule has 1 aliphatic heterocycles. The van der Waals surface area contributed by atoms with Gasteiger partial charge < -0.3 is 15.5 Å². The number of thiazole rings is 1. The van der Waals surface area contributed by atoms with Gasteiger partial charge in [0.05, 0.1) is 12.2 Å². The molecule has 1 saturated heterocycles. The van der Waals surface area contributed by atoms with Crippen LogP contribution in [-0.2, 0) is 6.42 Å². The lowest BCUT2D eigenvalue weighted by Crippen LogP contribution is -2.38. The molecule has 0 aliphatic carbocycles. The molecule has 0 unspecified atom stereocenters. The quantitative estimate of drug-likeness (QED) is 0.266. The van der Waals surface area contributed by atoms with Crippen LogP contribution in [0.4, 0.5) is 5.13 Å². The minimum Gasteiger partial charge on any atom is -0.357 e. The van der Waals surface area contributed by atoms with Crippen molar-refractivity contribution in [2.75, 3.05) is 49.6 Å². The van der Waals surface area contributed by atoms with Gasteiger partial charge in [-0.05, 0) is 26.0 Å². The maximum absolute atomic E-state index is 4.75. The predicted molar refractivity (Wildman–Crippen MR) is 115 cm³/mol. The van der Waals surface area contributed by atoms with Crippen LogP contribution in [0.2, 0.25) is 0 Å². The highest BCUT2D eigenvalue weighted by molar-refractivity contribution is 14.0. The summed E-state index contributed by atoms with van der Waals surface area (Å²) in [5.41, 5.74) is 1.18. The van der Waals surface area contributed by atoms with E-state index in [0.29, 0.717) is 0 Å². The second-order valence-electron chi connectivity index (χ2n) is 5.25. The van der Waals surface area contributed by atoms with Crippen molar-refractivity contribution < 1.29 is 0 Å². The van der Waals surface area contributed by atoms with Crippen LogP contribution in [-0.4, -0.2) is 55.7 Å². The largest absolute Gasteiger partial charge is 0.357 e. The van der Waals surface area contributed by atoms with Crippen LogP contribution in [0.1, 0.15) is 25.5 Å². The Hall–Kier alpha value is -0.220. The lowest BCUT2D eigenvalue weighted by Gasteiger charge is -2.12. The molecule has 0 atom stereocenters. The number of nitrogens with one attached hydrogen (secondary N) is 2. The Morgan fingerprint density at radius 2 is 2.17 bits per heavy atom. The van der Waals surface area contributed by atoms with Gasteiger partial charge in [0.2, 0.25) is 0 Å². The molecule has 5 nitrogen and oxygen atoms in total. The summed E-state index contributed by atoms with van der Waals surface area (Å²) in [4.78, 5) is 11.7. The second-order valence-corrected chi connectivity index (χ2v) is 7.07. The van der Waals surface area contributed by atoms with Gasteiger partial charge in [0, 0.05) is 43.7 Å². The van der Waals surface area contributed by atoms with E-state index < -0.39 is 0 Å². The minimum absolute atomic E-state index is 0. The van der Waals surface area contributed by atoms with E-state index in [2.05, 4.69) is 39.1 Å². The molecule has 2 heterocycles. The third-order valence-electron chi connectivity index (χ3n) is 3.50. The van der Waals surface area contributed by atoms with Gasteiger partial charge >= 0.3 is 0 Å². The van der Waals surface area contributed by atoms with E-state index in [-0.39, 0.29) is 24.0 Å². The first-order valence-electron chi connectivity index (χ1n) is 8.04. The van der Waals surface area contributed by atoms with E-state index in [0.717, 1.165) is 50.9 Å². The summed E-state index contributed by atoms with van der Waals surface area (Å²) >= 11 is 3.59. The first kappa shape index (κ1) is 20.8. The second kappa shape index (κ2) is 12.2. The van der Waals surface area contributed by atoms with E-state index in [1.165, 1.54) is 23.7 Å². The van der Waals surface area contributed by atoms with E-state index in [4.69, 9.17) is 4.98 Å². The zero-order valence-corrected chi connectivity index (χ0v) is 18.0. The standard InChI is InChI=1S/C15H27N5S2.HI/c1-3-16-14(18-8-11-21-2)17-7-6-13-12-22-15(19-13)20-9-4-5-10-20;/h12H,3-11H2,1-2H3,(H2,16,17,18);1H. The summed E-state index contributed by atoms with van der Waals surface area (Å²) < 4.78 is 0. The van der Waals surface area contributed by atoms with Gasteiger partial charge in [-0.1, -0.05) is 0 Å². The number of anilines is 1. The zero-order chi connectivity index (χ0) is 15.6. The number of thioether (sulfide) groups is 1. The maximum atomic E-state index is 4.75. The molecule has 0 radical (unpaired) electrons. The Morgan fingerprint density at radius 3 is 2.87 bits per heavy atom. The lowest BCUT2D eigenvalue weighted by molar-refractivity contribution is 0.793. The molecule has 23 heavy (non-hydrogen) atoms. The molecule has 1 aromatic heterocycles. The van der Waals surface area contributed by atoms with E-state index in [1.807, 2.05) is 11.8 Å². The molecule has 0 bridgehead atoms. The first-order chi connectivity index (χ1) is 10.8. The summed E-state index contributed by atoms with van der Waals surface area (Å²) in [6.07, 6.45) is 5.65. The molecule has 0 aromatic carbocycles. The zero-order valence-electron chi connectivity index (χ0n) is 14.0. The fraction of sp³-hybridized carbons (Fsp3) is 0.733. The van der Waals surface area contributed by atoms with Crippen molar-refractivity contribution in [1.29, 1.82) is 0 Å². The summed E-state index contributed by atoms with van der Waals surface area (Å²) in [5, 5.41) is 10.0. The Kier molecular flexibility index (Phi) is 11.0. The van der Waals surface area contributed by atoms with Gasteiger partial charge in [-0.2, -0.15) is 11.8 Å². The van der Waals surface area contributed by atoms with Crippen LogP contribution in [0.25, 0.3) is 0 Å². The van der Waals surface area contributed by atoms with Gasteiger partial charge in [-0.15, -0.1) is 35.3 Å². The van der Waals surface area contributed by atoms with Crippen LogP contribution >= 0.6 is 47.1 Å². The third kappa shape index (κ3) is 7.47. The summed E-state index contributed by atoms with van der Waals surface area (Å²) in [6.45, 7) is 7.03. The lowest BCUT2D eigenvalue weighted by atomic mass is 10.3.